The molecule has 0 saturated carbocycles. The first-order chi connectivity index (χ1) is 9.81. The van der Waals surface area contributed by atoms with Gasteiger partial charge in [0.05, 0.1) is 4.92 Å². The molecule has 1 N–H and O–H groups in total. The van der Waals surface area contributed by atoms with Gasteiger partial charge >= 0.3 is 11.7 Å². The highest BCUT2D eigenvalue weighted by Crippen LogP contribution is 2.22. The van der Waals surface area contributed by atoms with Crippen molar-refractivity contribution in [2.75, 3.05) is 0 Å². The van der Waals surface area contributed by atoms with Crippen LogP contribution in [0.5, 0.6) is 0 Å². The van der Waals surface area contributed by atoms with E-state index in [1.165, 1.54) is 19.1 Å². The number of aromatic carboxylic acids is 1. The van der Waals surface area contributed by atoms with Crippen LogP contribution in [-0.4, -0.2) is 31.6 Å². The van der Waals surface area contributed by atoms with E-state index >= 15 is 0 Å². The minimum absolute atomic E-state index is 0.122. The van der Waals surface area contributed by atoms with E-state index in [2.05, 4.69) is 5.10 Å². The molecule has 108 valence electrons. The summed E-state index contributed by atoms with van der Waals surface area (Å²) in [6.07, 6.45) is 0.801. The molecule has 0 saturated heterocycles. The average Bonchev–Trinajstić information content (AvgIpc) is 2.83. The Morgan fingerprint density at radius 2 is 2.10 bits per heavy atom. The Morgan fingerprint density at radius 1 is 1.43 bits per heavy atom. The highest BCUT2D eigenvalue weighted by atomic mass is 19.1. The van der Waals surface area contributed by atoms with Crippen molar-refractivity contribution < 1.29 is 24.0 Å². The number of nitro groups is 1. The van der Waals surface area contributed by atoms with Crippen molar-refractivity contribution in [3.8, 4) is 5.69 Å². The molecule has 0 aliphatic heterocycles. The van der Waals surface area contributed by atoms with Crippen LogP contribution in [0, 0.1) is 15.9 Å². The van der Waals surface area contributed by atoms with Gasteiger partial charge in [0.25, 0.3) is 0 Å². The van der Waals surface area contributed by atoms with E-state index < -0.39 is 28.1 Å². The first-order valence-corrected chi connectivity index (χ1v) is 5.59. The van der Waals surface area contributed by atoms with Gasteiger partial charge in [-0.3, -0.25) is 14.9 Å². The monoisotopic (exact) mass is 293 g/mol. The number of Topliss-reactive ketones (excluding diaryl/α,β-unsaturated/α-hetero) is 1. The summed E-state index contributed by atoms with van der Waals surface area (Å²) in [5.41, 5.74) is -1.63. The Morgan fingerprint density at radius 3 is 2.52 bits per heavy atom. The van der Waals surface area contributed by atoms with E-state index in [1.54, 1.807) is 0 Å². The van der Waals surface area contributed by atoms with Crippen LogP contribution < -0.4 is 0 Å². The standard InChI is InChI=1S/C12H8FN3O5/c1-6(17)7-2-3-9(8(13)4-7)15-5-10(16(20)21)11(14-15)12(18)19/h2-5H,1H3,(H,18,19). The summed E-state index contributed by atoms with van der Waals surface area (Å²) in [5.74, 6) is -2.80. The summed E-state index contributed by atoms with van der Waals surface area (Å²) >= 11 is 0. The number of carboxylic acid groups (broad SMARTS) is 1. The zero-order chi connectivity index (χ0) is 15.7. The maximum absolute atomic E-state index is 13.9. The molecule has 0 spiro atoms. The number of hydrogen-bond acceptors (Lipinski definition) is 5. The normalized spacial score (nSPS) is 10.4. The predicted molar refractivity (Wildman–Crippen MR) is 67.1 cm³/mol. The average molecular weight is 293 g/mol. The maximum atomic E-state index is 13.9. The van der Waals surface area contributed by atoms with Crippen LogP contribution in [0.15, 0.2) is 24.4 Å². The molecule has 0 amide bonds. The third kappa shape index (κ3) is 2.61. The topological polar surface area (TPSA) is 115 Å². The van der Waals surface area contributed by atoms with Crippen molar-refractivity contribution in [2.24, 2.45) is 0 Å². The fourth-order valence-corrected chi connectivity index (χ4v) is 1.69. The van der Waals surface area contributed by atoms with Gasteiger partial charge in [-0.25, -0.2) is 13.9 Å². The van der Waals surface area contributed by atoms with Crippen molar-refractivity contribution >= 4 is 17.4 Å². The fourth-order valence-electron chi connectivity index (χ4n) is 1.69. The van der Waals surface area contributed by atoms with Gasteiger partial charge in [0.15, 0.2) is 5.78 Å². The minimum Gasteiger partial charge on any atom is -0.476 e. The van der Waals surface area contributed by atoms with Crippen LogP contribution in [0.1, 0.15) is 27.8 Å². The second kappa shape index (κ2) is 5.12. The van der Waals surface area contributed by atoms with Crippen LogP contribution in [-0.2, 0) is 0 Å². The number of hydrogen-bond donors (Lipinski definition) is 1. The number of rotatable bonds is 4. The lowest BCUT2D eigenvalue weighted by atomic mass is 10.1. The second-order valence-electron chi connectivity index (χ2n) is 4.09. The Hall–Kier alpha value is -3.10. The smallest absolute Gasteiger partial charge is 0.363 e. The predicted octanol–water partition coefficient (Wildman–Crippen LogP) is 1.82. The van der Waals surface area contributed by atoms with E-state index in [-0.39, 0.29) is 17.0 Å². The fraction of sp³-hybridized carbons (Fsp3) is 0.0833. The van der Waals surface area contributed by atoms with Gasteiger partial charge in [0.1, 0.15) is 17.7 Å². The second-order valence-corrected chi connectivity index (χ2v) is 4.09. The molecule has 1 aromatic heterocycles. The van der Waals surface area contributed by atoms with Crippen molar-refractivity contribution in [3.05, 3.63) is 51.6 Å². The largest absolute Gasteiger partial charge is 0.476 e. The molecular formula is C12H8FN3O5. The molecule has 0 aliphatic rings. The summed E-state index contributed by atoms with van der Waals surface area (Å²) < 4.78 is 14.7. The van der Waals surface area contributed by atoms with Gasteiger partial charge in [-0.15, -0.1) is 0 Å². The maximum Gasteiger partial charge on any atom is 0.363 e. The number of carboxylic acids is 1. The minimum atomic E-state index is -1.60. The molecule has 0 unspecified atom stereocenters. The molecule has 21 heavy (non-hydrogen) atoms. The summed E-state index contributed by atoms with van der Waals surface area (Å²) in [6, 6.07) is 3.45. The number of benzene rings is 1. The van der Waals surface area contributed by atoms with Crippen LogP contribution in [0.4, 0.5) is 10.1 Å². The lowest BCUT2D eigenvalue weighted by Crippen LogP contribution is -2.04. The number of halogens is 1. The number of aromatic nitrogens is 2. The molecule has 2 rings (SSSR count). The zero-order valence-corrected chi connectivity index (χ0v) is 10.6. The molecule has 0 bridgehead atoms. The van der Waals surface area contributed by atoms with Crippen molar-refractivity contribution in [1.82, 2.24) is 9.78 Å². The van der Waals surface area contributed by atoms with E-state index in [4.69, 9.17) is 5.11 Å². The molecular weight excluding hydrogens is 285 g/mol. The first-order valence-electron chi connectivity index (χ1n) is 5.59. The van der Waals surface area contributed by atoms with Gasteiger partial charge in [0, 0.05) is 5.56 Å². The molecule has 9 heteroatoms. The van der Waals surface area contributed by atoms with E-state index in [0.29, 0.717) is 0 Å². The van der Waals surface area contributed by atoms with E-state index in [0.717, 1.165) is 16.9 Å². The van der Waals surface area contributed by atoms with Gasteiger partial charge < -0.3 is 5.11 Å². The molecule has 8 nitrogen and oxygen atoms in total. The highest BCUT2D eigenvalue weighted by Gasteiger charge is 2.26. The highest BCUT2D eigenvalue weighted by molar-refractivity contribution is 5.94. The van der Waals surface area contributed by atoms with Crippen LogP contribution in [0.3, 0.4) is 0 Å². The molecule has 0 radical (unpaired) electrons. The number of ketones is 1. The van der Waals surface area contributed by atoms with Gasteiger partial charge in [-0.05, 0) is 25.1 Å². The summed E-state index contributed by atoms with van der Waals surface area (Å²) in [4.78, 5) is 31.8. The van der Waals surface area contributed by atoms with Crippen LogP contribution >= 0.6 is 0 Å². The first kappa shape index (κ1) is 14.3. The molecule has 1 aromatic carbocycles. The number of carbonyl (C=O) groups is 2. The molecule has 1 heterocycles. The van der Waals surface area contributed by atoms with Gasteiger partial charge in [0.2, 0.25) is 5.69 Å². The Balaban J connectivity index is 2.57. The molecule has 2 aromatic rings. The summed E-state index contributed by atoms with van der Waals surface area (Å²) in [7, 11) is 0. The van der Waals surface area contributed by atoms with Gasteiger partial charge in [-0.2, -0.15) is 5.10 Å². The molecule has 0 atom stereocenters. The van der Waals surface area contributed by atoms with Crippen molar-refractivity contribution in [1.29, 1.82) is 0 Å². The van der Waals surface area contributed by atoms with Gasteiger partial charge in [-0.1, -0.05) is 0 Å². The quantitative estimate of drug-likeness (QED) is 0.522. The van der Waals surface area contributed by atoms with Crippen molar-refractivity contribution in [2.45, 2.75) is 6.92 Å². The Bertz CT molecular complexity index is 737. The number of nitrogens with zero attached hydrogens (tertiary/aromatic N) is 3. The Labute approximate surface area is 116 Å². The van der Waals surface area contributed by atoms with Crippen LogP contribution in [0.25, 0.3) is 5.69 Å². The summed E-state index contributed by atoms with van der Waals surface area (Å²) in [5, 5.41) is 23.1. The SMILES string of the molecule is CC(=O)c1ccc(-n2cc([N+](=O)[O-])c(C(=O)O)n2)c(F)c1. The van der Waals surface area contributed by atoms with Crippen molar-refractivity contribution in [3.63, 3.8) is 0 Å². The third-order valence-corrected chi connectivity index (χ3v) is 2.70. The lowest BCUT2D eigenvalue weighted by molar-refractivity contribution is -0.385. The zero-order valence-electron chi connectivity index (χ0n) is 10.6. The third-order valence-electron chi connectivity index (χ3n) is 2.70. The lowest BCUT2D eigenvalue weighted by Gasteiger charge is -2.03. The van der Waals surface area contributed by atoms with Crippen LogP contribution in [0.2, 0.25) is 0 Å². The molecule has 0 fully saturated rings. The van der Waals surface area contributed by atoms with E-state index in [1.807, 2.05) is 0 Å². The molecule has 0 aliphatic carbocycles. The summed E-state index contributed by atoms with van der Waals surface area (Å²) in [6.45, 7) is 1.26. The number of carbonyl (C=O) groups excluding carboxylic acids is 1. The van der Waals surface area contributed by atoms with E-state index in [9.17, 15) is 24.1 Å². The Kier molecular flexibility index (Phi) is 3.49.